The summed E-state index contributed by atoms with van der Waals surface area (Å²) in [4.78, 5) is 10.2. The molecule has 19 heavy (non-hydrogen) atoms. The highest BCUT2D eigenvalue weighted by molar-refractivity contribution is 7.92. The number of benzene rings is 1. The van der Waals surface area contributed by atoms with Gasteiger partial charge >= 0.3 is 0 Å². The third kappa shape index (κ3) is 2.55. The predicted molar refractivity (Wildman–Crippen MR) is 67.2 cm³/mol. The molecule has 0 saturated heterocycles. The summed E-state index contributed by atoms with van der Waals surface area (Å²) in [5.74, 6) is 0. The molecule has 1 heterocycles. The zero-order valence-electron chi connectivity index (χ0n) is 9.82. The summed E-state index contributed by atoms with van der Waals surface area (Å²) < 4.78 is 26.2. The average molecular weight is 282 g/mol. The van der Waals surface area contributed by atoms with Crippen LogP contribution in [0.4, 0.5) is 11.4 Å². The molecule has 0 radical (unpaired) electrons. The Morgan fingerprint density at radius 1 is 1.37 bits per heavy atom. The van der Waals surface area contributed by atoms with Crippen molar-refractivity contribution in [2.24, 2.45) is 0 Å². The van der Waals surface area contributed by atoms with E-state index in [4.69, 9.17) is 0 Å². The number of aromatic amines is 1. The minimum atomic E-state index is -3.83. The van der Waals surface area contributed by atoms with Crippen molar-refractivity contribution < 1.29 is 13.3 Å². The smallest absolute Gasteiger partial charge is 0.278 e. The Hall–Kier alpha value is -2.42. The van der Waals surface area contributed by atoms with Crippen LogP contribution in [0.3, 0.4) is 0 Å². The number of hydrogen-bond acceptors (Lipinski definition) is 5. The largest absolute Gasteiger partial charge is 0.278 e. The molecule has 9 heteroatoms. The normalized spacial score (nSPS) is 11.2. The number of nitrogens with one attached hydrogen (secondary N) is 2. The summed E-state index contributed by atoms with van der Waals surface area (Å²) in [5.41, 5.74) is 0.254. The lowest BCUT2D eigenvalue weighted by Crippen LogP contribution is -2.14. The highest BCUT2D eigenvalue weighted by atomic mass is 32.2. The first-order valence-electron chi connectivity index (χ1n) is 5.18. The molecule has 2 rings (SSSR count). The van der Waals surface area contributed by atoms with Gasteiger partial charge in [-0.05, 0) is 19.1 Å². The highest BCUT2D eigenvalue weighted by Crippen LogP contribution is 2.26. The van der Waals surface area contributed by atoms with Crippen molar-refractivity contribution in [1.29, 1.82) is 0 Å². The van der Waals surface area contributed by atoms with Gasteiger partial charge in [0.25, 0.3) is 15.7 Å². The van der Waals surface area contributed by atoms with Crippen molar-refractivity contribution >= 4 is 21.4 Å². The molecule has 0 fully saturated rings. The topological polar surface area (TPSA) is 118 Å². The van der Waals surface area contributed by atoms with Crippen LogP contribution < -0.4 is 4.72 Å². The van der Waals surface area contributed by atoms with Crippen LogP contribution in [-0.2, 0) is 10.0 Å². The third-order valence-corrected chi connectivity index (χ3v) is 3.81. The van der Waals surface area contributed by atoms with Gasteiger partial charge in [0.2, 0.25) is 0 Å². The van der Waals surface area contributed by atoms with Crippen molar-refractivity contribution in [3.8, 4) is 0 Å². The molecule has 2 N–H and O–H groups in total. The van der Waals surface area contributed by atoms with Crippen LogP contribution >= 0.6 is 0 Å². The van der Waals surface area contributed by atoms with Gasteiger partial charge in [-0.1, -0.05) is 6.07 Å². The number of sulfonamides is 1. The Balaban J connectivity index is 2.40. The molecule has 0 aliphatic heterocycles. The molecule has 0 atom stereocenters. The van der Waals surface area contributed by atoms with Gasteiger partial charge in [0.1, 0.15) is 0 Å². The van der Waals surface area contributed by atoms with E-state index in [1.165, 1.54) is 37.4 Å². The zero-order chi connectivity index (χ0) is 14.0. The average Bonchev–Trinajstić information content (AvgIpc) is 2.85. The number of nitrogens with zero attached hydrogens (tertiary/aromatic N) is 2. The SMILES string of the molecule is Cc1c(NS(=O)(=O)c2ccn[nH]2)cccc1[N+](=O)[O-]. The summed E-state index contributed by atoms with van der Waals surface area (Å²) in [5, 5.41) is 16.5. The molecule has 0 spiro atoms. The Labute approximate surface area is 108 Å². The van der Waals surface area contributed by atoms with E-state index in [0.29, 0.717) is 0 Å². The van der Waals surface area contributed by atoms with Crippen LogP contribution in [0, 0.1) is 17.0 Å². The molecular formula is C10H10N4O4S. The number of rotatable bonds is 4. The fourth-order valence-electron chi connectivity index (χ4n) is 1.52. The Morgan fingerprint density at radius 2 is 2.11 bits per heavy atom. The van der Waals surface area contributed by atoms with E-state index in [-0.39, 0.29) is 22.0 Å². The third-order valence-electron chi connectivity index (χ3n) is 2.51. The van der Waals surface area contributed by atoms with Crippen LogP contribution in [0.1, 0.15) is 5.56 Å². The maximum absolute atomic E-state index is 11.9. The Bertz CT molecular complexity index is 709. The second-order valence-corrected chi connectivity index (χ2v) is 5.38. The van der Waals surface area contributed by atoms with Gasteiger partial charge in [0.15, 0.2) is 5.03 Å². The van der Waals surface area contributed by atoms with Gasteiger partial charge in [-0.2, -0.15) is 13.5 Å². The summed E-state index contributed by atoms with van der Waals surface area (Å²) in [6, 6.07) is 5.46. The second-order valence-electron chi connectivity index (χ2n) is 3.73. The van der Waals surface area contributed by atoms with E-state index in [0.717, 1.165) is 0 Å². The minimum absolute atomic E-state index is 0.113. The van der Waals surface area contributed by atoms with E-state index in [1.807, 2.05) is 0 Å². The lowest BCUT2D eigenvalue weighted by Gasteiger charge is -2.09. The van der Waals surface area contributed by atoms with Crippen molar-refractivity contribution in [1.82, 2.24) is 10.2 Å². The first kappa shape index (κ1) is 13.0. The van der Waals surface area contributed by atoms with Crippen molar-refractivity contribution in [3.05, 3.63) is 46.1 Å². The van der Waals surface area contributed by atoms with E-state index in [2.05, 4.69) is 14.9 Å². The van der Waals surface area contributed by atoms with Gasteiger partial charge < -0.3 is 0 Å². The molecule has 0 unspecified atom stereocenters. The number of aromatic nitrogens is 2. The van der Waals surface area contributed by atoms with E-state index < -0.39 is 14.9 Å². The fraction of sp³-hybridized carbons (Fsp3) is 0.100. The quantitative estimate of drug-likeness (QED) is 0.649. The molecule has 1 aromatic carbocycles. The standard InChI is InChI=1S/C10H10N4O4S/c1-7-8(3-2-4-9(7)14(15)16)13-19(17,18)10-5-6-11-12-10/h2-6,13H,1H3,(H,11,12). The Kier molecular flexibility index (Phi) is 3.21. The van der Waals surface area contributed by atoms with Gasteiger partial charge in [0, 0.05) is 6.07 Å². The fourth-order valence-corrected chi connectivity index (χ4v) is 2.56. The van der Waals surface area contributed by atoms with E-state index in [9.17, 15) is 18.5 Å². The highest BCUT2D eigenvalue weighted by Gasteiger charge is 2.20. The zero-order valence-corrected chi connectivity index (χ0v) is 10.6. The lowest BCUT2D eigenvalue weighted by atomic mass is 10.2. The van der Waals surface area contributed by atoms with Gasteiger partial charge in [-0.25, -0.2) is 0 Å². The summed E-state index contributed by atoms with van der Waals surface area (Å²) >= 11 is 0. The van der Waals surface area contributed by atoms with Crippen LogP contribution in [0.2, 0.25) is 0 Å². The maximum atomic E-state index is 11.9. The van der Waals surface area contributed by atoms with Crippen molar-refractivity contribution in [2.75, 3.05) is 4.72 Å². The molecule has 0 aliphatic rings. The van der Waals surface area contributed by atoms with Gasteiger partial charge in [-0.15, -0.1) is 0 Å². The van der Waals surface area contributed by atoms with Crippen LogP contribution in [-0.4, -0.2) is 23.5 Å². The van der Waals surface area contributed by atoms with Crippen LogP contribution in [0.15, 0.2) is 35.5 Å². The number of nitro benzene ring substituents is 1. The summed E-state index contributed by atoms with van der Waals surface area (Å²) in [6.07, 6.45) is 1.30. The van der Waals surface area contributed by atoms with Gasteiger partial charge in [-0.3, -0.25) is 19.9 Å². The molecule has 0 amide bonds. The first-order valence-corrected chi connectivity index (χ1v) is 6.66. The molecule has 100 valence electrons. The van der Waals surface area contributed by atoms with Crippen molar-refractivity contribution in [3.63, 3.8) is 0 Å². The number of anilines is 1. The molecular weight excluding hydrogens is 272 g/mol. The number of H-pyrrole nitrogens is 1. The number of nitro groups is 1. The number of hydrogen-bond donors (Lipinski definition) is 2. The molecule has 0 saturated carbocycles. The lowest BCUT2D eigenvalue weighted by molar-refractivity contribution is -0.385. The minimum Gasteiger partial charge on any atom is -0.278 e. The van der Waals surface area contributed by atoms with Crippen molar-refractivity contribution in [2.45, 2.75) is 11.9 Å². The molecule has 2 aromatic rings. The summed E-state index contributed by atoms with van der Waals surface area (Å²) in [6.45, 7) is 1.48. The molecule has 0 aliphatic carbocycles. The first-order chi connectivity index (χ1) is 8.92. The second kappa shape index (κ2) is 4.69. The summed E-state index contributed by atoms with van der Waals surface area (Å²) in [7, 11) is -3.83. The predicted octanol–water partition coefficient (Wildman–Crippen LogP) is 1.43. The van der Waals surface area contributed by atoms with Gasteiger partial charge in [0.05, 0.1) is 22.4 Å². The monoisotopic (exact) mass is 282 g/mol. The molecule has 0 bridgehead atoms. The van der Waals surface area contributed by atoms with Crippen LogP contribution in [0.25, 0.3) is 0 Å². The molecule has 1 aromatic heterocycles. The Morgan fingerprint density at radius 3 is 2.68 bits per heavy atom. The van der Waals surface area contributed by atoms with Crippen LogP contribution in [0.5, 0.6) is 0 Å². The maximum Gasteiger partial charge on any atom is 0.278 e. The van der Waals surface area contributed by atoms with E-state index >= 15 is 0 Å². The molecule has 8 nitrogen and oxygen atoms in total. The van der Waals surface area contributed by atoms with E-state index in [1.54, 1.807) is 0 Å².